The number of hydrogen-bond donors (Lipinski definition) is 1. The van der Waals surface area contributed by atoms with Crippen LogP contribution in [0.3, 0.4) is 0 Å². The molecule has 84 valence electrons. The zero-order valence-electron chi connectivity index (χ0n) is 10.4. The lowest BCUT2D eigenvalue weighted by Crippen LogP contribution is -2.06. The normalized spacial score (nSPS) is 12.6. The average Bonchev–Trinajstić information content (AvgIpc) is 2.77. The second kappa shape index (κ2) is 4.45. The van der Waals surface area contributed by atoms with Gasteiger partial charge in [-0.2, -0.15) is 5.10 Å². The van der Waals surface area contributed by atoms with Crippen molar-refractivity contribution in [2.75, 3.05) is 0 Å². The molecule has 1 N–H and O–H groups in total. The molecule has 0 unspecified atom stereocenters. The Morgan fingerprint density at radius 3 is 2.94 bits per heavy atom. The Labute approximate surface area is 96.0 Å². The zero-order chi connectivity index (χ0) is 12.5. The molecule has 2 heterocycles. The van der Waals surface area contributed by atoms with E-state index in [0.29, 0.717) is 5.69 Å². The number of pyridine rings is 1. The molecule has 0 radical (unpaired) electrons. The summed E-state index contributed by atoms with van der Waals surface area (Å²) < 4.78 is 9.61. The fourth-order valence-electron chi connectivity index (χ4n) is 1.64. The molecule has 4 heteroatoms. The van der Waals surface area contributed by atoms with Crippen LogP contribution in [-0.4, -0.2) is 19.9 Å². The predicted octanol–water partition coefficient (Wildman–Crippen LogP) is 2.02. The fraction of sp³-hybridized carbons (Fsp3) is 0.333. The van der Waals surface area contributed by atoms with Crippen molar-refractivity contribution in [2.45, 2.75) is 26.5 Å². The average molecular weight is 218 g/mol. The number of aromatic nitrogens is 3. The van der Waals surface area contributed by atoms with Crippen LogP contribution in [0.4, 0.5) is 0 Å². The monoisotopic (exact) mass is 218 g/mol. The van der Waals surface area contributed by atoms with Crippen LogP contribution in [-0.2, 0) is 6.61 Å². The Balaban J connectivity index is 2.58. The highest BCUT2D eigenvalue weighted by molar-refractivity contribution is 5.58. The number of aliphatic hydroxyl groups excluding tert-OH is 1. The second-order valence-electron chi connectivity index (χ2n) is 3.74. The number of rotatable bonds is 3. The van der Waals surface area contributed by atoms with Gasteiger partial charge in [0.15, 0.2) is 0 Å². The molecule has 0 aliphatic carbocycles. The molecule has 0 aliphatic rings. The van der Waals surface area contributed by atoms with Gasteiger partial charge >= 0.3 is 0 Å². The summed E-state index contributed by atoms with van der Waals surface area (Å²) in [7, 11) is 0. The molecule has 0 bridgehead atoms. The van der Waals surface area contributed by atoms with E-state index in [2.05, 4.69) is 10.1 Å². The molecule has 16 heavy (non-hydrogen) atoms. The largest absolute Gasteiger partial charge is 0.392 e. The molecule has 0 spiro atoms. The van der Waals surface area contributed by atoms with Crippen LogP contribution in [0, 0.1) is 0 Å². The van der Waals surface area contributed by atoms with Crippen LogP contribution >= 0.6 is 0 Å². The molecule has 2 rings (SSSR count). The maximum absolute atomic E-state index is 9.29. The first-order chi connectivity index (χ1) is 8.04. The third-order valence-corrected chi connectivity index (χ3v) is 2.37. The smallest absolute Gasteiger partial charge is 0.0938 e. The molecular weight excluding hydrogens is 202 g/mol. The Bertz CT molecular complexity index is 516. The van der Waals surface area contributed by atoms with E-state index in [1.807, 2.05) is 6.07 Å². The Kier molecular flexibility index (Phi) is 2.65. The Morgan fingerprint density at radius 1 is 1.44 bits per heavy atom. The first-order valence-corrected chi connectivity index (χ1v) is 5.13. The van der Waals surface area contributed by atoms with E-state index in [1.54, 1.807) is 43.1 Å². The van der Waals surface area contributed by atoms with E-state index >= 15 is 0 Å². The molecule has 2 aromatic heterocycles. The number of aliphatic hydroxyl groups is 1. The van der Waals surface area contributed by atoms with Gasteiger partial charge in [-0.1, -0.05) is 6.07 Å². The van der Waals surface area contributed by atoms with Crippen molar-refractivity contribution < 1.29 is 6.48 Å². The van der Waals surface area contributed by atoms with E-state index in [4.69, 9.17) is 1.37 Å². The molecule has 0 aromatic carbocycles. The molecule has 0 fully saturated rings. The SMILES string of the molecule is [2H]C(C)(C)n1nccc1-c1ncccc1CO. The van der Waals surface area contributed by atoms with Crippen molar-refractivity contribution in [3.05, 3.63) is 36.2 Å². The van der Waals surface area contributed by atoms with Crippen molar-refractivity contribution in [2.24, 2.45) is 0 Å². The molecule has 4 nitrogen and oxygen atoms in total. The number of hydrogen-bond acceptors (Lipinski definition) is 3. The highest BCUT2D eigenvalue weighted by Crippen LogP contribution is 2.23. The summed E-state index contributed by atoms with van der Waals surface area (Å²) >= 11 is 0. The summed E-state index contributed by atoms with van der Waals surface area (Å²) in [5.41, 5.74) is 2.15. The van der Waals surface area contributed by atoms with Crippen LogP contribution in [0.5, 0.6) is 0 Å². The maximum atomic E-state index is 9.29. The van der Waals surface area contributed by atoms with Crippen LogP contribution in [0.1, 0.15) is 26.8 Å². The Hall–Kier alpha value is -1.68. The molecule has 0 amide bonds. The third kappa shape index (κ3) is 1.84. The third-order valence-electron chi connectivity index (χ3n) is 2.37. The first-order valence-electron chi connectivity index (χ1n) is 5.63. The standard InChI is InChI=1S/C12H15N3O/c1-9(2)15-11(5-7-14-15)12-10(8-16)4-3-6-13-12/h3-7,9,16H,8H2,1-2H3/i9D. The van der Waals surface area contributed by atoms with E-state index in [-0.39, 0.29) is 6.61 Å². The van der Waals surface area contributed by atoms with E-state index in [0.717, 1.165) is 11.3 Å². The van der Waals surface area contributed by atoms with Crippen molar-refractivity contribution >= 4 is 0 Å². The quantitative estimate of drug-likeness (QED) is 0.857. The lowest BCUT2D eigenvalue weighted by Gasteiger charge is -2.12. The summed E-state index contributed by atoms with van der Waals surface area (Å²) in [6, 6.07) is 4.54. The lowest BCUT2D eigenvalue weighted by molar-refractivity contribution is 0.282. The maximum Gasteiger partial charge on any atom is 0.0938 e. The molecule has 0 aliphatic heterocycles. The van der Waals surface area contributed by atoms with E-state index < -0.39 is 6.02 Å². The van der Waals surface area contributed by atoms with Gasteiger partial charge in [-0.25, -0.2) is 0 Å². The van der Waals surface area contributed by atoms with E-state index in [9.17, 15) is 5.11 Å². The molecule has 0 saturated heterocycles. The molecule has 0 saturated carbocycles. The van der Waals surface area contributed by atoms with Crippen LogP contribution in [0.15, 0.2) is 30.6 Å². The summed E-state index contributed by atoms with van der Waals surface area (Å²) in [5, 5.41) is 13.4. The summed E-state index contributed by atoms with van der Waals surface area (Å²) in [4.78, 5) is 4.26. The topological polar surface area (TPSA) is 50.9 Å². The minimum absolute atomic E-state index is 0.0766. The highest BCUT2D eigenvalue weighted by Gasteiger charge is 2.12. The van der Waals surface area contributed by atoms with Gasteiger partial charge in [0.25, 0.3) is 0 Å². The predicted molar refractivity (Wildman–Crippen MR) is 61.8 cm³/mol. The van der Waals surface area contributed by atoms with Crippen molar-refractivity contribution in [3.63, 3.8) is 0 Å². The van der Waals surface area contributed by atoms with Gasteiger partial charge in [0, 0.05) is 24.0 Å². The van der Waals surface area contributed by atoms with Gasteiger partial charge in [-0.05, 0) is 26.0 Å². The van der Waals surface area contributed by atoms with Crippen LogP contribution in [0.2, 0.25) is 0 Å². The lowest BCUT2D eigenvalue weighted by atomic mass is 10.1. The van der Waals surface area contributed by atoms with Gasteiger partial charge in [0.1, 0.15) is 0 Å². The summed E-state index contributed by atoms with van der Waals surface area (Å²) in [6.07, 6.45) is 3.31. The van der Waals surface area contributed by atoms with Crippen LogP contribution in [0.25, 0.3) is 11.4 Å². The van der Waals surface area contributed by atoms with Crippen molar-refractivity contribution in [1.29, 1.82) is 0 Å². The van der Waals surface area contributed by atoms with Gasteiger partial charge in [0.05, 0.1) is 19.4 Å². The summed E-state index contributed by atoms with van der Waals surface area (Å²) in [5.74, 6) is 0. The second-order valence-corrected chi connectivity index (χ2v) is 3.74. The Morgan fingerprint density at radius 2 is 2.25 bits per heavy atom. The van der Waals surface area contributed by atoms with E-state index in [1.165, 1.54) is 0 Å². The van der Waals surface area contributed by atoms with Crippen molar-refractivity contribution in [3.8, 4) is 11.4 Å². The first kappa shape index (κ1) is 9.54. The van der Waals surface area contributed by atoms with Crippen molar-refractivity contribution in [1.82, 2.24) is 14.8 Å². The minimum atomic E-state index is -0.858. The van der Waals surface area contributed by atoms with Gasteiger partial charge in [-0.15, -0.1) is 0 Å². The van der Waals surface area contributed by atoms with Gasteiger partial charge in [0.2, 0.25) is 0 Å². The fourth-order valence-corrected chi connectivity index (χ4v) is 1.64. The molecule has 0 atom stereocenters. The molecular formula is C12H15N3O. The summed E-state index contributed by atoms with van der Waals surface area (Å²) in [6.45, 7) is 3.43. The highest BCUT2D eigenvalue weighted by atomic mass is 16.3. The molecule has 2 aromatic rings. The van der Waals surface area contributed by atoms with Gasteiger partial charge in [-0.3, -0.25) is 9.67 Å². The zero-order valence-corrected chi connectivity index (χ0v) is 9.38. The number of nitrogens with zero attached hydrogens (tertiary/aromatic N) is 3. The van der Waals surface area contributed by atoms with Gasteiger partial charge < -0.3 is 5.11 Å². The minimum Gasteiger partial charge on any atom is -0.392 e. The van der Waals surface area contributed by atoms with Crippen LogP contribution < -0.4 is 0 Å².